The highest BCUT2D eigenvalue weighted by atomic mass is 32.1. The van der Waals surface area contributed by atoms with E-state index in [1.54, 1.807) is 47.6 Å². The van der Waals surface area contributed by atoms with Crippen molar-refractivity contribution in [2.24, 2.45) is 0 Å². The van der Waals surface area contributed by atoms with Crippen LogP contribution in [0.2, 0.25) is 0 Å². The summed E-state index contributed by atoms with van der Waals surface area (Å²) in [7, 11) is 0. The summed E-state index contributed by atoms with van der Waals surface area (Å²) in [5, 5.41) is 1.62. The van der Waals surface area contributed by atoms with Crippen molar-refractivity contribution in [3.63, 3.8) is 0 Å². The third-order valence-corrected chi connectivity index (χ3v) is 5.45. The van der Waals surface area contributed by atoms with Crippen LogP contribution in [0.3, 0.4) is 0 Å². The highest BCUT2D eigenvalue weighted by Crippen LogP contribution is 2.42. The Balaban J connectivity index is 2.15. The van der Waals surface area contributed by atoms with Crippen LogP contribution in [0.25, 0.3) is 20.2 Å². The minimum Gasteiger partial charge on any atom is -0.428 e. The average molecular weight is 461 g/mol. The van der Waals surface area contributed by atoms with E-state index in [1.165, 1.54) is 17.4 Å². The first-order chi connectivity index (χ1) is 14.3. The molecule has 31 heavy (non-hydrogen) atoms. The van der Waals surface area contributed by atoms with Gasteiger partial charge in [0.25, 0.3) is 0 Å². The molecular weight excluding hydrogens is 436 g/mol. The maximum absolute atomic E-state index is 12.4. The molecule has 164 valence electrons. The molecule has 0 amide bonds. The van der Waals surface area contributed by atoms with Crippen LogP contribution in [-0.4, -0.2) is 23.5 Å². The summed E-state index contributed by atoms with van der Waals surface area (Å²) in [6, 6.07) is 10.9. The lowest BCUT2D eigenvalue weighted by molar-refractivity contribution is 0.0141. The van der Waals surface area contributed by atoms with Crippen molar-refractivity contribution in [2.45, 2.75) is 52.7 Å². The molecule has 0 aliphatic carbocycles. The summed E-state index contributed by atoms with van der Waals surface area (Å²) in [6.07, 6.45) is -1.83. The Bertz CT molecular complexity index is 1210. The second-order valence-electron chi connectivity index (χ2n) is 8.83. The van der Waals surface area contributed by atoms with E-state index in [0.717, 1.165) is 10.1 Å². The predicted octanol–water partition coefficient (Wildman–Crippen LogP) is 7.41. The zero-order valence-corrected chi connectivity index (χ0v) is 19.9. The Labute approximate surface area is 189 Å². The van der Waals surface area contributed by atoms with Gasteiger partial charge < -0.3 is 18.9 Å². The normalized spacial score (nSPS) is 11.9. The summed E-state index contributed by atoms with van der Waals surface area (Å²) in [4.78, 5) is 24.7. The van der Waals surface area contributed by atoms with Crippen LogP contribution >= 0.6 is 23.6 Å². The Morgan fingerprint density at radius 3 is 2.00 bits per heavy atom. The van der Waals surface area contributed by atoms with Crippen molar-refractivity contribution < 1.29 is 28.5 Å². The molecular formula is C23H24O6S2. The largest absolute Gasteiger partial charge is 0.514 e. The SMILES string of the molecule is CC(C)(C)OC(=O)Oc1ccc2c(=S)c3ccccc3sc2c1OC(=O)OC(C)(C)C. The van der Waals surface area contributed by atoms with Crippen molar-refractivity contribution in [1.29, 1.82) is 0 Å². The summed E-state index contributed by atoms with van der Waals surface area (Å²) in [6.45, 7) is 10.4. The van der Waals surface area contributed by atoms with E-state index in [4.69, 9.17) is 31.2 Å². The lowest BCUT2D eigenvalue weighted by atomic mass is 10.2. The second kappa shape index (κ2) is 8.43. The fraction of sp³-hybridized carbons (Fsp3) is 0.348. The van der Waals surface area contributed by atoms with E-state index < -0.39 is 23.5 Å². The third kappa shape index (κ3) is 5.71. The summed E-state index contributed by atoms with van der Waals surface area (Å²) in [5.41, 5.74) is -1.50. The molecule has 0 unspecified atom stereocenters. The first-order valence-corrected chi connectivity index (χ1v) is 10.9. The van der Waals surface area contributed by atoms with Gasteiger partial charge in [-0.05, 0) is 59.7 Å². The molecule has 3 rings (SSSR count). The molecule has 1 heterocycles. The van der Waals surface area contributed by atoms with Gasteiger partial charge in [-0.15, -0.1) is 11.3 Å². The summed E-state index contributed by atoms with van der Waals surface area (Å²) >= 11 is 7.04. The quantitative estimate of drug-likeness (QED) is 0.171. The van der Waals surface area contributed by atoms with E-state index in [-0.39, 0.29) is 11.5 Å². The van der Waals surface area contributed by atoms with Crippen molar-refractivity contribution >= 4 is 56.0 Å². The van der Waals surface area contributed by atoms with E-state index in [2.05, 4.69) is 0 Å². The van der Waals surface area contributed by atoms with E-state index in [1.807, 2.05) is 24.3 Å². The fourth-order valence-corrected chi connectivity index (χ4v) is 4.35. The number of benzene rings is 2. The summed E-state index contributed by atoms with van der Waals surface area (Å²) < 4.78 is 23.5. The zero-order valence-electron chi connectivity index (χ0n) is 18.2. The topological polar surface area (TPSA) is 71.1 Å². The number of carbonyl (C=O) groups is 2. The predicted molar refractivity (Wildman–Crippen MR) is 124 cm³/mol. The molecule has 2 aromatic carbocycles. The van der Waals surface area contributed by atoms with Crippen LogP contribution in [-0.2, 0) is 9.47 Å². The molecule has 1 aromatic heterocycles. The number of carbonyl (C=O) groups excluding carboxylic acids is 2. The molecule has 0 N–H and O–H groups in total. The number of hydrogen-bond donors (Lipinski definition) is 0. The van der Waals surface area contributed by atoms with Crippen LogP contribution in [0.1, 0.15) is 41.5 Å². The van der Waals surface area contributed by atoms with Gasteiger partial charge in [0, 0.05) is 15.5 Å². The van der Waals surface area contributed by atoms with Gasteiger partial charge in [-0.2, -0.15) is 0 Å². The molecule has 0 aliphatic heterocycles. The molecule has 0 saturated carbocycles. The Morgan fingerprint density at radius 2 is 1.39 bits per heavy atom. The highest BCUT2D eigenvalue weighted by molar-refractivity contribution is 7.72. The first-order valence-electron chi connectivity index (χ1n) is 9.64. The number of hydrogen-bond acceptors (Lipinski definition) is 8. The number of fused-ring (bicyclic) bond motifs is 2. The van der Waals surface area contributed by atoms with Crippen molar-refractivity contribution in [1.82, 2.24) is 0 Å². The molecule has 0 fully saturated rings. The molecule has 0 spiro atoms. The molecule has 0 aliphatic rings. The van der Waals surface area contributed by atoms with Crippen molar-refractivity contribution in [3.8, 4) is 11.5 Å². The van der Waals surface area contributed by atoms with Crippen LogP contribution in [0.4, 0.5) is 9.59 Å². The number of rotatable bonds is 2. The minimum atomic E-state index is -0.916. The van der Waals surface area contributed by atoms with E-state index in [9.17, 15) is 9.59 Å². The van der Waals surface area contributed by atoms with Crippen LogP contribution in [0.15, 0.2) is 36.4 Å². The zero-order chi connectivity index (χ0) is 23.0. The lowest BCUT2D eigenvalue weighted by Gasteiger charge is -2.21. The second-order valence-corrected chi connectivity index (χ2v) is 10.3. The molecule has 0 bridgehead atoms. The Hall–Kier alpha value is -2.71. The molecule has 0 atom stereocenters. The average Bonchev–Trinajstić information content (AvgIpc) is 2.61. The van der Waals surface area contributed by atoms with Crippen LogP contribution < -0.4 is 9.47 Å². The monoisotopic (exact) mass is 460 g/mol. The van der Waals surface area contributed by atoms with Gasteiger partial charge >= 0.3 is 12.3 Å². The lowest BCUT2D eigenvalue weighted by Crippen LogP contribution is -2.27. The van der Waals surface area contributed by atoms with Gasteiger partial charge in [0.05, 0.1) is 9.21 Å². The maximum Gasteiger partial charge on any atom is 0.514 e. The van der Waals surface area contributed by atoms with Gasteiger partial charge in [-0.1, -0.05) is 30.4 Å². The summed E-state index contributed by atoms with van der Waals surface area (Å²) in [5.74, 6) is 0.0907. The van der Waals surface area contributed by atoms with Crippen molar-refractivity contribution in [3.05, 3.63) is 40.9 Å². The standard InChI is InChI=1S/C23H24O6S2/c1-22(2,3)28-20(24)26-15-12-11-14-18(30)13-9-7-8-10-16(13)31-19(14)17(15)27-21(25)29-23(4,5)6/h7-12H,1-6H3. The molecule has 0 saturated heterocycles. The molecule has 8 heteroatoms. The molecule has 3 aromatic rings. The Kier molecular flexibility index (Phi) is 6.25. The third-order valence-electron chi connectivity index (χ3n) is 3.82. The number of ether oxygens (including phenoxy) is 4. The van der Waals surface area contributed by atoms with Gasteiger partial charge in [0.1, 0.15) is 11.2 Å². The van der Waals surface area contributed by atoms with Gasteiger partial charge in [-0.3, -0.25) is 0 Å². The maximum atomic E-state index is 12.4. The van der Waals surface area contributed by atoms with Crippen molar-refractivity contribution in [2.75, 3.05) is 0 Å². The molecule has 6 nitrogen and oxygen atoms in total. The highest BCUT2D eigenvalue weighted by Gasteiger charge is 2.25. The minimum absolute atomic E-state index is 0.0357. The van der Waals surface area contributed by atoms with Crippen LogP contribution in [0.5, 0.6) is 11.5 Å². The first kappa shape index (κ1) is 23.0. The van der Waals surface area contributed by atoms with Crippen LogP contribution in [0, 0.1) is 4.51 Å². The van der Waals surface area contributed by atoms with Gasteiger partial charge in [0.2, 0.25) is 0 Å². The van der Waals surface area contributed by atoms with E-state index >= 15 is 0 Å². The fourth-order valence-electron chi connectivity index (χ4n) is 2.71. The Morgan fingerprint density at radius 1 is 0.806 bits per heavy atom. The van der Waals surface area contributed by atoms with Gasteiger partial charge in [-0.25, -0.2) is 9.59 Å². The molecule has 0 radical (unpaired) electrons. The van der Waals surface area contributed by atoms with E-state index in [0.29, 0.717) is 14.6 Å². The van der Waals surface area contributed by atoms with Gasteiger partial charge in [0.15, 0.2) is 11.5 Å². The smallest absolute Gasteiger partial charge is 0.428 e.